The Hall–Kier alpha value is -1.39. The van der Waals surface area contributed by atoms with Crippen LogP contribution in [-0.2, 0) is 0 Å². The highest BCUT2D eigenvalue weighted by Crippen LogP contribution is 2.01. The molecule has 0 atom stereocenters. The normalized spacial score (nSPS) is 8.83. The Bertz CT molecular complexity index is 302. The maximum absolute atomic E-state index is 3.91. The lowest BCUT2D eigenvalue weighted by atomic mass is 9.88. The Morgan fingerprint density at radius 3 is 2.75 bits per heavy atom. The first-order valence-electron chi connectivity index (χ1n) is 3.71. The lowest BCUT2D eigenvalue weighted by molar-refractivity contribution is 1.09. The monoisotopic (exact) mass is 161 g/mol. The van der Waals surface area contributed by atoms with Crippen molar-refractivity contribution in [1.29, 1.82) is 0 Å². The van der Waals surface area contributed by atoms with Gasteiger partial charge in [-0.2, -0.15) is 5.10 Å². The lowest BCUT2D eigenvalue weighted by Crippen LogP contribution is -1.75. The van der Waals surface area contributed by atoms with Gasteiger partial charge < -0.3 is 0 Å². The molecule has 0 aliphatic rings. The smallest absolute Gasteiger partial charge is 0.158 e. The fourth-order valence-corrected chi connectivity index (χ4v) is 0.691. The minimum atomic E-state index is 0.782. The molecule has 2 heterocycles. The fourth-order valence-electron chi connectivity index (χ4n) is 0.691. The van der Waals surface area contributed by atoms with E-state index in [1.807, 2.05) is 20.9 Å². The first kappa shape index (κ1) is 8.71. The van der Waals surface area contributed by atoms with Crippen LogP contribution in [0.4, 0.5) is 0 Å². The van der Waals surface area contributed by atoms with Gasteiger partial charge in [-0.1, -0.05) is 13.6 Å². The summed E-state index contributed by atoms with van der Waals surface area (Å²) in [6.07, 6.45) is 4.89. The van der Waals surface area contributed by atoms with Crippen molar-refractivity contribution in [2.45, 2.75) is 13.6 Å². The average molecular weight is 161 g/mol. The Labute approximate surface area is 71.7 Å². The highest BCUT2D eigenvalue weighted by Gasteiger charge is 1.90. The number of hydrogen-bond acceptors (Lipinski definition) is 3. The number of H-pyrrole nitrogens is 1. The molecule has 61 valence electrons. The van der Waals surface area contributed by atoms with Gasteiger partial charge in [-0.25, -0.2) is 9.97 Å². The quantitative estimate of drug-likeness (QED) is 0.589. The maximum Gasteiger partial charge on any atom is 0.158 e. The summed E-state index contributed by atoms with van der Waals surface area (Å²) in [6, 6.07) is 0. The second-order valence-electron chi connectivity index (χ2n) is 2.27. The number of nitrogens with zero attached hydrogens (tertiary/aromatic N) is 3. The average Bonchev–Trinajstić information content (AvgIpc) is 2.52. The van der Waals surface area contributed by atoms with Crippen molar-refractivity contribution in [1.82, 2.24) is 20.2 Å². The minimum Gasteiger partial charge on any atom is -0.261 e. The molecule has 0 aliphatic heterocycles. The highest BCUT2D eigenvalue weighted by atomic mass is 15.1. The van der Waals surface area contributed by atoms with E-state index in [1.54, 1.807) is 12.4 Å². The number of aromatic amines is 1. The number of fused-ring (bicyclic) bond motifs is 1. The molecule has 0 amide bonds. The third-order valence-electron chi connectivity index (χ3n) is 1.11. The number of rotatable bonds is 0. The summed E-state index contributed by atoms with van der Waals surface area (Å²) in [7, 11) is 2.00. The van der Waals surface area contributed by atoms with Gasteiger partial charge in [0.15, 0.2) is 5.65 Å². The van der Waals surface area contributed by atoms with Gasteiger partial charge >= 0.3 is 0 Å². The minimum absolute atomic E-state index is 0.782. The Morgan fingerprint density at radius 1 is 1.33 bits per heavy atom. The van der Waals surface area contributed by atoms with Gasteiger partial charge in [0.1, 0.15) is 13.6 Å². The van der Waals surface area contributed by atoms with Gasteiger partial charge in [-0.15, -0.1) is 0 Å². The second-order valence-corrected chi connectivity index (χ2v) is 2.27. The molecule has 5 heteroatoms. The van der Waals surface area contributed by atoms with Gasteiger partial charge in [0.05, 0.1) is 11.6 Å². The van der Waals surface area contributed by atoms with Crippen LogP contribution in [0.1, 0.15) is 0 Å². The molecule has 0 fully saturated rings. The molecule has 4 nitrogen and oxygen atoms in total. The number of hydrogen-bond donors (Lipinski definition) is 1. The summed E-state index contributed by atoms with van der Waals surface area (Å²) in [5, 5.41) is 7.43. The van der Waals surface area contributed by atoms with E-state index in [4.69, 9.17) is 0 Å². The standard InChI is InChI=1S/C5H4N4.C2H6B/c1-4-2-8-9-5(4)7-3-6-1;1-3-2/h1-3H,(H,6,7,8,9);1-2H3. The molecule has 0 aromatic carbocycles. The molecular weight excluding hydrogens is 151 g/mol. The maximum atomic E-state index is 3.91. The van der Waals surface area contributed by atoms with Gasteiger partial charge in [-0.05, 0) is 0 Å². The highest BCUT2D eigenvalue weighted by molar-refractivity contribution is 6.31. The SMILES string of the molecule is C[B]C.c1ncc2cn[nH]c2n1. The summed E-state index contributed by atoms with van der Waals surface area (Å²) in [5.41, 5.74) is 0.782. The fraction of sp³-hybridized carbons (Fsp3) is 0.286. The van der Waals surface area contributed by atoms with E-state index in [1.165, 1.54) is 6.33 Å². The first-order valence-corrected chi connectivity index (χ1v) is 3.71. The van der Waals surface area contributed by atoms with E-state index in [-0.39, 0.29) is 0 Å². The Morgan fingerprint density at radius 2 is 2.08 bits per heavy atom. The Kier molecular flexibility index (Phi) is 3.25. The molecule has 0 aliphatic carbocycles. The van der Waals surface area contributed by atoms with E-state index in [2.05, 4.69) is 20.2 Å². The van der Waals surface area contributed by atoms with E-state index in [0.717, 1.165) is 11.0 Å². The third-order valence-corrected chi connectivity index (χ3v) is 1.11. The van der Waals surface area contributed by atoms with Crippen LogP contribution >= 0.6 is 0 Å². The van der Waals surface area contributed by atoms with Crippen LogP contribution in [0, 0.1) is 0 Å². The second kappa shape index (κ2) is 4.48. The van der Waals surface area contributed by atoms with Crippen molar-refractivity contribution in [3.8, 4) is 0 Å². The van der Waals surface area contributed by atoms with Crippen LogP contribution in [0.5, 0.6) is 0 Å². The molecule has 0 saturated carbocycles. The van der Waals surface area contributed by atoms with Crippen LogP contribution in [0.2, 0.25) is 13.6 Å². The van der Waals surface area contributed by atoms with Crippen LogP contribution in [-0.4, -0.2) is 27.4 Å². The molecule has 1 radical (unpaired) electrons. The molecule has 0 saturated heterocycles. The summed E-state index contributed by atoms with van der Waals surface area (Å²) in [5.74, 6) is 0. The molecule has 12 heavy (non-hydrogen) atoms. The van der Waals surface area contributed by atoms with Gasteiger partial charge in [-0.3, -0.25) is 5.10 Å². The Balaban J connectivity index is 0.000000213. The molecule has 0 bridgehead atoms. The zero-order valence-electron chi connectivity index (χ0n) is 7.15. The summed E-state index contributed by atoms with van der Waals surface area (Å²) in [6.45, 7) is 4.00. The van der Waals surface area contributed by atoms with Crippen molar-refractivity contribution in [2.75, 3.05) is 0 Å². The zero-order chi connectivity index (χ0) is 8.81. The largest absolute Gasteiger partial charge is 0.261 e. The molecule has 2 aromatic heterocycles. The molecule has 0 spiro atoms. The number of nitrogens with one attached hydrogen (secondary N) is 1. The molecule has 1 N–H and O–H groups in total. The molecule has 2 aromatic rings. The first-order chi connectivity index (χ1) is 5.88. The van der Waals surface area contributed by atoms with Gasteiger partial charge in [0.25, 0.3) is 0 Å². The molecular formula is C7H10BN4. The van der Waals surface area contributed by atoms with Crippen LogP contribution in [0.3, 0.4) is 0 Å². The van der Waals surface area contributed by atoms with Crippen LogP contribution in [0.25, 0.3) is 11.0 Å². The third kappa shape index (κ3) is 2.05. The molecule has 2 rings (SSSR count). The van der Waals surface area contributed by atoms with Crippen LogP contribution < -0.4 is 0 Å². The number of aromatic nitrogens is 4. The van der Waals surface area contributed by atoms with E-state index in [0.29, 0.717) is 0 Å². The lowest BCUT2D eigenvalue weighted by Gasteiger charge is -1.80. The van der Waals surface area contributed by atoms with Crippen molar-refractivity contribution < 1.29 is 0 Å². The predicted octanol–water partition coefficient (Wildman–Crippen LogP) is 1.14. The van der Waals surface area contributed by atoms with E-state index < -0.39 is 0 Å². The molecule has 0 unspecified atom stereocenters. The van der Waals surface area contributed by atoms with E-state index in [9.17, 15) is 0 Å². The van der Waals surface area contributed by atoms with Gasteiger partial charge in [0, 0.05) is 6.20 Å². The summed E-state index contributed by atoms with van der Waals surface area (Å²) < 4.78 is 0. The van der Waals surface area contributed by atoms with Gasteiger partial charge in [0.2, 0.25) is 0 Å². The van der Waals surface area contributed by atoms with Crippen molar-refractivity contribution in [3.63, 3.8) is 0 Å². The predicted molar refractivity (Wildman–Crippen MR) is 49.2 cm³/mol. The summed E-state index contributed by atoms with van der Waals surface area (Å²) in [4.78, 5) is 7.73. The van der Waals surface area contributed by atoms with E-state index >= 15 is 0 Å². The summed E-state index contributed by atoms with van der Waals surface area (Å²) >= 11 is 0. The zero-order valence-corrected chi connectivity index (χ0v) is 7.15. The van der Waals surface area contributed by atoms with Crippen molar-refractivity contribution >= 4 is 18.3 Å². The van der Waals surface area contributed by atoms with Crippen molar-refractivity contribution in [2.24, 2.45) is 0 Å². The van der Waals surface area contributed by atoms with Crippen LogP contribution in [0.15, 0.2) is 18.7 Å². The van der Waals surface area contributed by atoms with Crippen molar-refractivity contribution in [3.05, 3.63) is 18.7 Å². The topological polar surface area (TPSA) is 54.5 Å².